The van der Waals surface area contributed by atoms with Crippen LogP contribution in [0.1, 0.15) is 63.5 Å². The highest BCUT2D eigenvalue weighted by Crippen LogP contribution is 2.34. The first kappa shape index (κ1) is 20.3. The number of carbonyl (C=O) groups is 1. The molecular weight excluding hydrogens is 332 g/mol. The number of benzene rings is 1. The van der Waals surface area contributed by atoms with Gasteiger partial charge in [0.25, 0.3) is 0 Å². The third-order valence-electron chi connectivity index (χ3n) is 5.96. The van der Waals surface area contributed by atoms with Crippen LogP contribution in [0.15, 0.2) is 24.3 Å². The van der Waals surface area contributed by atoms with Crippen molar-refractivity contribution >= 4 is 18.3 Å². The number of nitrogens with zero attached hydrogens (tertiary/aromatic N) is 1. The molecule has 4 atom stereocenters. The van der Waals surface area contributed by atoms with Gasteiger partial charge in [-0.1, -0.05) is 38.1 Å². The van der Waals surface area contributed by atoms with Gasteiger partial charge in [0.2, 0.25) is 5.91 Å². The Morgan fingerprint density at radius 3 is 2.20 bits per heavy atom. The fraction of sp³-hybridized carbons (Fsp3) is 0.667. The predicted molar refractivity (Wildman–Crippen MR) is 106 cm³/mol. The molecule has 0 aliphatic carbocycles. The number of rotatable bonds is 5. The second-order valence-corrected chi connectivity index (χ2v) is 8.29. The molecule has 0 aromatic heterocycles. The normalized spacial score (nSPS) is 27.0. The molecule has 2 aliphatic rings. The first-order valence-corrected chi connectivity index (χ1v) is 9.55. The van der Waals surface area contributed by atoms with E-state index in [0.29, 0.717) is 24.0 Å². The van der Waals surface area contributed by atoms with Crippen LogP contribution >= 0.6 is 12.4 Å². The summed E-state index contributed by atoms with van der Waals surface area (Å²) in [6.45, 7) is 6.49. The van der Waals surface area contributed by atoms with Crippen LogP contribution in [0.5, 0.6) is 0 Å². The smallest absolute Gasteiger partial charge is 0.227 e. The van der Waals surface area contributed by atoms with Crippen LogP contribution in [0.25, 0.3) is 0 Å². The van der Waals surface area contributed by atoms with E-state index in [-0.39, 0.29) is 24.2 Å². The van der Waals surface area contributed by atoms with Gasteiger partial charge in [-0.3, -0.25) is 4.79 Å². The van der Waals surface area contributed by atoms with E-state index in [0.717, 1.165) is 24.8 Å². The minimum Gasteiger partial charge on any atom is -0.353 e. The van der Waals surface area contributed by atoms with Crippen LogP contribution in [0, 0.1) is 5.92 Å². The van der Waals surface area contributed by atoms with Gasteiger partial charge in [-0.25, -0.2) is 0 Å². The summed E-state index contributed by atoms with van der Waals surface area (Å²) in [7, 11) is 2.24. The van der Waals surface area contributed by atoms with Crippen LogP contribution in [0.4, 0.5) is 0 Å². The van der Waals surface area contributed by atoms with Gasteiger partial charge in [-0.05, 0) is 63.1 Å². The lowest BCUT2D eigenvalue weighted by Gasteiger charge is -2.37. The second-order valence-electron chi connectivity index (χ2n) is 8.29. The Balaban J connectivity index is 0.00000225. The van der Waals surface area contributed by atoms with E-state index in [1.165, 1.54) is 18.4 Å². The Hall–Kier alpha value is -1.06. The van der Waals surface area contributed by atoms with Gasteiger partial charge in [-0.2, -0.15) is 0 Å². The van der Waals surface area contributed by atoms with Crippen molar-refractivity contribution < 1.29 is 4.79 Å². The molecule has 0 saturated carbocycles. The number of carbonyl (C=O) groups excluding carboxylic acids is 1. The first-order valence-electron chi connectivity index (χ1n) is 9.55. The zero-order chi connectivity index (χ0) is 17.3. The fourth-order valence-corrected chi connectivity index (χ4v) is 4.42. The lowest BCUT2D eigenvalue weighted by molar-refractivity contribution is -0.123. The van der Waals surface area contributed by atoms with Crippen LogP contribution in [0.3, 0.4) is 0 Å². The van der Waals surface area contributed by atoms with E-state index in [1.54, 1.807) is 0 Å². The van der Waals surface area contributed by atoms with E-state index < -0.39 is 0 Å². The van der Waals surface area contributed by atoms with Crippen LogP contribution < -0.4 is 5.32 Å². The van der Waals surface area contributed by atoms with Crippen molar-refractivity contribution in [1.29, 1.82) is 0 Å². The molecule has 4 heteroatoms. The van der Waals surface area contributed by atoms with Gasteiger partial charge < -0.3 is 10.2 Å². The molecule has 2 bridgehead atoms. The van der Waals surface area contributed by atoms with E-state index in [9.17, 15) is 4.79 Å². The average molecular weight is 365 g/mol. The SMILES string of the molecule is CC(C)Cc1ccc([C@@H](C)C(=O)NC2C[C@H]3CC[C@@H](C2)N3C)cc1.Cl. The number of nitrogens with one attached hydrogen (secondary N) is 1. The van der Waals surface area contributed by atoms with Crippen molar-refractivity contribution in [1.82, 2.24) is 10.2 Å². The Morgan fingerprint density at radius 2 is 1.68 bits per heavy atom. The molecule has 3 rings (SSSR count). The highest BCUT2D eigenvalue weighted by molar-refractivity contribution is 5.85. The zero-order valence-electron chi connectivity index (χ0n) is 16.0. The Labute approximate surface area is 159 Å². The lowest BCUT2D eigenvalue weighted by atomic mass is 9.94. The van der Waals surface area contributed by atoms with E-state index in [4.69, 9.17) is 0 Å². The van der Waals surface area contributed by atoms with Crippen LogP contribution in [0.2, 0.25) is 0 Å². The van der Waals surface area contributed by atoms with Gasteiger partial charge >= 0.3 is 0 Å². The second kappa shape index (κ2) is 8.55. The van der Waals surface area contributed by atoms with Gasteiger partial charge in [-0.15, -0.1) is 12.4 Å². The molecule has 140 valence electrons. The minimum atomic E-state index is -0.0737. The van der Waals surface area contributed by atoms with Crippen molar-refractivity contribution in [3.05, 3.63) is 35.4 Å². The van der Waals surface area contributed by atoms with E-state index >= 15 is 0 Å². The molecular formula is C21H33ClN2O. The molecule has 1 aromatic rings. The molecule has 1 N–H and O–H groups in total. The fourth-order valence-electron chi connectivity index (χ4n) is 4.42. The van der Waals surface area contributed by atoms with Crippen molar-refractivity contribution in [2.75, 3.05) is 7.05 Å². The summed E-state index contributed by atoms with van der Waals surface area (Å²) >= 11 is 0. The van der Waals surface area contributed by atoms with Crippen molar-refractivity contribution in [2.45, 2.75) is 76.9 Å². The number of amides is 1. The topological polar surface area (TPSA) is 32.3 Å². The predicted octanol–water partition coefficient (Wildman–Crippen LogP) is 4.15. The monoisotopic (exact) mass is 364 g/mol. The maximum absolute atomic E-state index is 12.7. The van der Waals surface area contributed by atoms with Crippen molar-refractivity contribution in [3.8, 4) is 0 Å². The molecule has 1 amide bonds. The Kier molecular flexibility index (Phi) is 6.93. The van der Waals surface area contributed by atoms with Gasteiger partial charge in [0, 0.05) is 18.1 Å². The maximum Gasteiger partial charge on any atom is 0.227 e. The summed E-state index contributed by atoms with van der Waals surface area (Å²) in [5, 5.41) is 3.32. The summed E-state index contributed by atoms with van der Waals surface area (Å²) in [5.74, 6) is 0.771. The molecule has 3 nitrogen and oxygen atoms in total. The highest BCUT2D eigenvalue weighted by atomic mass is 35.5. The Morgan fingerprint density at radius 1 is 1.12 bits per heavy atom. The number of hydrogen-bond acceptors (Lipinski definition) is 2. The molecule has 25 heavy (non-hydrogen) atoms. The summed E-state index contributed by atoms with van der Waals surface area (Å²) < 4.78 is 0. The molecule has 0 spiro atoms. The maximum atomic E-state index is 12.7. The highest BCUT2D eigenvalue weighted by Gasteiger charge is 2.39. The molecule has 2 saturated heterocycles. The standard InChI is InChI=1S/C21H32N2O.ClH/c1-14(2)11-16-5-7-17(8-6-16)15(3)21(24)22-18-12-19-9-10-20(13-18)23(19)4;/h5-8,14-15,18-20H,9-13H2,1-4H3,(H,22,24);1H/t15-,18?,19-,20+;/m1./s1. The number of hydrogen-bond donors (Lipinski definition) is 1. The quantitative estimate of drug-likeness (QED) is 0.851. The summed E-state index contributed by atoms with van der Waals surface area (Å²) in [5.41, 5.74) is 2.48. The summed E-state index contributed by atoms with van der Waals surface area (Å²) in [4.78, 5) is 15.2. The number of halogens is 1. The molecule has 1 aromatic carbocycles. The molecule has 0 radical (unpaired) electrons. The van der Waals surface area contributed by atoms with E-state index in [1.807, 2.05) is 6.92 Å². The van der Waals surface area contributed by atoms with Crippen LogP contribution in [-0.2, 0) is 11.2 Å². The lowest BCUT2D eigenvalue weighted by Crippen LogP contribution is -2.49. The van der Waals surface area contributed by atoms with Crippen molar-refractivity contribution in [2.24, 2.45) is 5.92 Å². The first-order chi connectivity index (χ1) is 11.4. The van der Waals surface area contributed by atoms with Crippen LogP contribution in [-0.4, -0.2) is 36.0 Å². The van der Waals surface area contributed by atoms with Gasteiger partial charge in [0.1, 0.15) is 0 Å². The third-order valence-corrected chi connectivity index (χ3v) is 5.96. The molecule has 2 aliphatic heterocycles. The summed E-state index contributed by atoms with van der Waals surface area (Å²) in [6.07, 6.45) is 5.90. The molecule has 2 fully saturated rings. The molecule has 1 unspecified atom stereocenters. The largest absolute Gasteiger partial charge is 0.353 e. The van der Waals surface area contributed by atoms with Gasteiger partial charge in [0.05, 0.1) is 5.92 Å². The number of piperidine rings is 1. The Bertz CT molecular complexity index is 558. The molecule has 2 heterocycles. The van der Waals surface area contributed by atoms with Crippen molar-refractivity contribution in [3.63, 3.8) is 0 Å². The van der Waals surface area contributed by atoms with Gasteiger partial charge in [0.15, 0.2) is 0 Å². The minimum absolute atomic E-state index is 0. The zero-order valence-corrected chi connectivity index (χ0v) is 16.8. The third kappa shape index (κ3) is 4.77. The number of fused-ring (bicyclic) bond motifs is 2. The summed E-state index contributed by atoms with van der Waals surface area (Å²) in [6, 6.07) is 10.3. The average Bonchev–Trinajstić information content (AvgIpc) is 2.75. The van der Waals surface area contributed by atoms with E-state index in [2.05, 4.69) is 55.4 Å².